The highest BCUT2D eigenvalue weighted by molar-refractivity contribution is 7.99. The molecule has 86 valence electrons. The van der Waals surface area contributed by atoms with Crippen molar-refractivity contribution >= 4 is 11.8 Å². The van der Waals surface area contributed by atoms with Crippen LogP contribution < -0.4 is 5.32 Å². The lowest BCUT2D eigenvalue weighted by Gasteiger charge is -2.26. The lowest BCUT2D eigenvalue weighted by Crippen LogP contribution is -2.23. The molecule has 0 radical (unpaired) electrons. The summed E-state index contributed by atoms with van der Waals surface area (Å²) < 4.78 is 0. The molecule has 1 aliphatic heterocycles. The summed E-state index contributed by atoms with van der Waals surface area (Å²) >= 11 is 2.04. The van der Waals surface area contributed by atoms with Crippen LogP contribution in [-0.2, 0) is 5.41 Å². The highest BCUT2D eigenvalue weighted by Gasteiger charge is 2.55. The van der Waals surface area contributed by atoms with Gasteiger partial charge in [0.1, 0.15) is 0 Å². The highest BCUT2D eigenvalue weighted by Crippen LogP contribution is 2.61. The maximum absolute atomic E-state index is 3.51. The Balaban J connectivity index is 1.84. The van der Waals surface area contributed by atoms with Crippen molar-refractivity contribution in [1.29, 1.82) is 0 Å². The van der Waals surface area contributed by atoms with E-state index in [0.717, 1.165) is 12.5 Å². The van der Waals surface area contributed by atoms with E-state index in [1.54, 1.807) is 5.56 Å². The molecular weight excluding hydrogens is 214 g/mol. The standard InChI is InChI=1S/C14H19NS/c1-2-15-10-11-9-14(11)7-8-16-13-6-4-3-5-12(13)14/h3-6,11,15H,2,7-10H2,1H3. The van der Waals surface area contributed by atoms with Gasteiger partial charge in [-0.05, 0) is 49.2 Å². The minimum atomic E-state index is 0.546. The molecule has 1 aromatic carbocycles. The Kier molecular flexibility index (Phi) is 2.72. The second-order valence-electron chi connectivity index (χ2n) is 4.96. The number of nitrogens with one attached hydrogen (secondary N) is 1. The van der Waals surface area contributed by atoms with Crippen LogP contribution in [-0.4, -0.2) is 18.8 Å². The van der Waals surface area contributed by atoms with Crippen LogP contribution in [0.4, 0.5) is 0 Å². The van der Waals surface area contributed by atoms with Gasteiger partial charge in [0.05, 0.1) is 0 Å². The van der Waals surface area contributed by atoms with Crippen molar-refractivity contribution in [2.24, 2.45) is 5.92 Å². The van der Waals surface area contributed by atoms with Gasteiger partial charge in [-0.15, -0.1) is 11.8 Å². The molecule has 0 saturated heterocycles. The van der Waals surface area contributed by atoms with Gasteiger partial charge in [0.25, 0.3) is 0 Å². The van der Waals surface area contributed by atoms with Gasteiger partial charge < -0.3 is 5.32 Å². The molecule has 1 saturated carbocycles. The molecule has 1 heterocycles. The zero-order chi connectivity index (χ0) is 11.0. The predicted molar refractivity (Wildman–Crippen MR) is 70.1 cm³/mol. The average Bonchev–Trinajstić information content (AvgIpc) is 3.01. The van der Waals surface area contributed by atoms with Crippen molar-refractivity contribution in [2.75, 3.05) is 18.8 Å². The Morgan fingerprint density at radius 3 is 3.19 bits per heavy atom. The Morgan fingerprint density at radius 1 is 1.44 bits per heavy atom. The summed E-state index contributed by atoms with van der Waals surface area (Å²) in [7, 11) is 0. The molecule has 0 bridgehead atoms. The molecule has 0 amide bonds. The van der Waals surface area contributed by atoms with E-state index in [1.807, 2.05) is 11.8 Å². The van der Waals surface area contributed by atoms with E-state index in [0.29, 0.717) is 5.41 Å². The second-order valence-corrected chi connectivity index (χ2v) is 6.10. The molecule has 2 heteroatoms. The van der Waals surface area contributed by atoms with E-state index >= 15 is 0 Å². The quantitative estimate of drug-likeness (QED) is 0.861. The normalized spacial score (nSPS) is 31.4. The summed E-state index contributed by atoms with van der Waals surface area (Å²) in [6.07, 6.45) is 2.78. The van der Waals surface area contributed by atoms with Crippen molar-refractivity contribution < 1.29 is 0 Å². The third kappa shape index (κ3) is 1.59. The first-order valence-electron chi connectivity index (χ1n) is 6.30. The Labute approximate surface area is 102 Å². The molecule has 2 unspecified atom stereocenters. The maximum Gasteiger partial charge on any atom is 0.0110 e. The zero-order valence-corrected chi connectivity index (χ0v) is 10.6. The molecule has 3 rings (SSSR count). The molecule has 1 fully saturated rings. The van der Waals surface area contributed by atoms with Gasteiger partial charge in [-0.2, -0.15) is 0 Å². The van der Waals surface area contributed by atoms with Crippen molar-refractivity contribution in [2.45, 2.75) is 30.1 Å². The molecule has 0 aromatic heterocycles. The molecule has 1 N–H and O–H groups in total. The summed E-state index contributed by atoms with van der Waals surface area (Å²) in [5.41, 5.74) is 2.18. The van der Waals surface area contributed by atoms with Crippen LogP contribution in [0.1, 0.15) is 25.3 Å². The Morgan fingerprint density at radius 2 is 2.31 bits per heavy atom. The molecule has 2 aliphatic rings. The summed E-state index contributed by atoms with van der Waals surface area (Å²) in [5, 5.41) is 3.51. The summed E-state index contributed by atoms with van der Waals surface area (Å²) in [5.74, 6) is 2.19. The molecule has 1 aliphatic carbocycles. The van der Waals surface area contributed by atoms with Gasteiger partial charge in [0, 0.05) is 10.3 Å². The van der Waals surface area contributed by atoms with Crippen molar-refractivity contribution in [3.8, 4) is 0 Å². The van der Waals surface area contributed by atoms with Crippen LogP contribution in [0.25, 0.3) is 0 Å². The van der Waals surface area contributed by atoms with E-state index in [4.69, 9.17) is 0 Å². The first kappa shape index (κ1) is 10.7. The molecular formula is C14H19NS. The van der Waals surface area contributed by atoms with Crippen LogP contribution in [0.3, 0.4) is 0 Å². The SMILES string of the molecule is CCNCC1CC12CCSc1ccccc12. The van der Waals surface area contributed by atoms with E-state index in [1.165, 1.54) is 30.0 Å². The average molecular weight is 233 g/mol. The number of benzene rings is 1. The number of hydrogen-bond acceptors (Lipinski definition) is 2. The van der Waals surface area contributed by atoms with E-state index in [2.05, 4.69) is 36.5 Å². The first-order valence-corrected chi connectivity index (χ1v) is 7.28. The predicted octanol–water partition coefficient (Wildman–Crippen LogP) is 3.05. The number of thioether (sulfide) groups is 1. The van der Waals surface area contributed by atoms with Gasteiger partial charge in [-0.25, -0.2) is 0 Å². The lowest BCUT2D eigenvalue weighted by atomic mass is 9.90. The van der Waals surface area contributed by atoms with Crippen molar-refractivity contribution in [3.05, 3.63) is 29.8 Å². The fourth-order valence-electron chi connectivity index (χ4n) is 3.08. The smallest absolute Gasteiger partial charge is 0.0110 e. The second kappa shape index (κ2) is 4.08. The van der Waals surface area contributed by atoms with E-state index in [9.17, 15) is 0 Å². The largest absolute Gasteiger partial charge is 0.317 e. The van der Waals surface area contributed by atoms with Gasteiger partial charge in [0.15, 0.2) is 0 Å². The summed E-state index contributed by atoms with van der Waals surface area (Å²) in [6.45, 7) is 4.50. The lowest BCUT2D eigenvalue weighted by molar-refractivity contribution is 0.538. The number of rotatable bonds is 3. The van der Waals surface area contributed by atoms with Crippen molar-refractivity contribution in [3.63, 3.8) is 0 Å². The van der Waals surface area contributed by atoms with Crippen LogP contribution in [0.2, 0.25) is 0 Å². The monoisotopic (exact) mass is 233 g/mol. The van der Waals surface area contributed by atoms with Crippen molar-refractivity contribution in [1.82, 2.24) is 5.32 Å². The van der Waals surface area contributed by atoms with Gasteiger partial charge in [-0.3, -0.25) is 0 Å². The molecule has 2 atom stereocenters. The van der Waals surface area contributed by atoms with Crippen LogP contribution in [0, 0.1) is 5.92 Å². The van der Waals surface area contributed by atoms with Crippen LogP contribution in [0.5, 0.6) is 0 Å². The molecule has 1 nitrogen and oxygen atoms in total. The highest BCUT2D eigenvalue weighted by atomic mass is 32.2. The van der Waals surface area contributed by atoms with Crippen LogP contribution in [0.15, 0.2) is 29.2 Å². The third-order valence-electron chi connectivity index (χ3n) is 4.10. The third-order valence-corrected chi connectivity index (χ3v) is 5.18. The fraction of sp³-hybridized carbons (Fsp3) is 0.571. The molecule has 16 heavy (non-hydrogen) atoms. The number of hydrogen-bond donors (Lipinski definition) is 1. The minimum Gasteiger partial charge on any atom is -0.317 e. The maximum atomic E-state index is 3.51. The van der Waals surface area contributed by atoms with E-state index in [-0.39, 0.29) is 0 Å². The minimum absolute atomic E-state index is 0.546. The fourth-order valence-corrected chi connectivity index (χ4v) is 4.37. The van der Waals surface area contributed by atoms with Gasteiger partial charge in [-0.1, -0.05) is 25.1 Å². The van der Waals surface area contributed by atoms with E-state index < -0.39 is 0 Å². The topological polar surface area (TPSA) is 12.0 Å². The molecule has 1 spiro atoms. The summed E-state index contributed by atoms with van der Waals surface area (Å²) in [4.78, 5) is 1.53. The zero-order valence-electron chi connectivity index (χ0n) is 9.83. The molecule has 1 aromatic rings. The Hall–Kier alpha value is -0.470. The number of fused-ring (bicyclic) bond motifs is 2. The first-order chi connectivity index (χ1) is 7.87. The van der Waals surface area contributed by atoms with Crippen LogP contribution >= 0.6 is 11.8 Å². The van der Waals surface area contributed by atoms with Gasteiger partial charge in [0.2, 0.25) is 0 Å². The van der Waals surface area contributed by atoms with Gasteiger partial charge >= 0.3 is 0 Å². The summed E-state index contributed by atoms with van der Waals surface area (Å²) in [6, 6.07) is 9.03. The Bertz CT molecular complexity index is 390.